The van der Waals surface area contributed by atoms with Crippen LogP contribution in [0.4, 0.5) is 30.7 Å². The third-order valence-electron chi connectivity index (χ3n) is 5.69. The highest BCUT2D eigenvalue weighted by Gasteiger charge is 2.39. The van der Waals surface area contributed by atoms with E-state index in [4.69, 9.17) is 9.47 Å². The molecule has 0 atom stereocenters. The molecular weight excluding hydrogens is 461 g/mol. The number of benzene rings is 2. The summed E-state index contributed by atoms with van der Waals surface area (Å²) in [5.74, 6) is -4.14. The molecule has 4 rings (SSSR count). The van der Waals surface area contributed by atoms with Gasteiger partial charge < -0.3 is 18.9 Å². The van der Waals surface area contributed by atoms with Crippen molar-refractivity contribution >= 4 is 0 Å². The molecule has 2 aliphatic rings. The van der Waals surface area contributed by atoms with E-state index < -0.39 is 47.5 Å². The van der Waals surface area contributed by atoms with Gasteiger partial charge in [-0.1, -0.05) is 25.3 Å². The van der Waals surface area contributed by atoms with Crippen LogP contribution in [0.5, 0.6) is 11.5 Å². The Labute approximate surface area is 184 Å². The first-order chi connectivity index (χ1) is 15.5. The van der Waals surface area contributed by atoms with Crippen LogP contribution < -0.4 is 9.47 Å². The number of hydrogen-bond donors (Lipinski definition) is 0. The molecule has 1 heterocycles. The van der Waals surface area contributed by atoms with Crippen molar-refractivity contribution in [2.24, 2.45) is 11.8 Å². The van der Waals surface area contributed by atoms with Gasteiger partial charge in [0, 0.05) is 17.5 Å². The lowest BCUT2D eigenvalue weighted by molar-refractivity contribution is -0.275. The summed E-state index contributed by atoms with van der Waals surface area (Å²) in [6.45, 7) is 0.856. The summed E-state index contributed by atoms with van der Waals surface area (Å²) in [6, 6.07) is 4.22. The van der Waals surface area contributed by atoms with E-state index in [1.807, 2.05) is 0 Å². The molecule has 0 N–H and O–H groups in total. The Hall–Kier alpha value is -2.53. The standard InChI is InChI=1S/C22H19F7O4/c23-17-8-13(20-30-10-14(11-31-20)12-2-1-3-12)4-6-16(17)21(25,26)32-15-5-7-19(18(24)9-15)33-22(27,28)29/h4-9,12,14,20H,1-3,10-11H2. The van der Waals surface area contributed by atoms with Gasteiger partial charge in [-0.2, -0.15) is 8.78 Å². The number of hydrogen-bond acceptors (Lipinski definition) is 4. The van der Waals surface area contributed by atoms with Crippen LogP contribution in [0.3, 0.4) is 0 Å². The Morgan fingerprint density at radius 2 is 1.48 bits per heavy atom. The van der Waals surface area contributed by atoms with E-state index >= 15 is 0 Å². The molecule has 2 aromatic rings. The van der Waals surface area contributed by atoms with Crippen LogP contribution in [0.2, 0.25) is 0 Å². The second kappa shape index (κ2) is 9.02. The second-order valence-corrected chi connectivity index (χ2v) is 7.95. The van der Waals surface area contributed by atoms with Gasteiger partial charge in [-0.05, 0) is 30.2 Å². The quantitative estimate of drug-likeness (QED) is 0.445. The van der Waals surface area contributed by atoms with Crippen molar-refractivity contribution in [3.8, 4) is 11.5 Å². The van der Waals surface area contributed by atoms with Crippen molar-refractivity contribution in [1.82, 2.24) is 0 Å². The highest BCUT2D eigenvalue weighted by atomic mass is 19.4. The molecule has 1 aliphatic carbocycles. The molecule has 0 spiro atoms. The number of ether oxygens (including phenoxy) is 4. The van der Waals surface area contributed by atoms with Crippen molar-refractivity contribution in [3.63, 3.8) is 0 Å². The minimum Gasteiger partial charge on any atom is -0.429 e. The van der Waals surface area contributed by atoms with Gasteiger partial charge in [-0.25, -0.2) is 8.78 Å². The normalized spacial score (nSPS) is 22.0. The first-order valence-corrected chi connectivity index (χ1v) is 10.2. The number of halogens is 7. The Kier molecular flexibility index (Phi) is 6.45. The Bertz CT molecular complexity index is 983. The minimum atomic E-state index is -5.16. The SMILES string of the molecule is Fc1cc(OC(F)(F)c2ccc(C3OCC(C4CCC4)CO3)cc2F)ccc1OC(F)(F)F. The molecule has 4 nitrogen and oxygen atoms in total. The highest BCUT2D eigenvalue weighted by Crippen LogP contribution is 2.39. The van der Waals surface area contributed by atoms with Crippen LogP contribution in [0, 0.1) is 23.5 Å². The average Bonchev–Trinajstić information content (AvgIpc) is 2.68. The van der Waals surface area contributed by atoms with E-state index in [2.05, 4.69) is 9.47 Å². The molecule has 33 heavy (non-hydrogen) atoms. The zero-order valence-corrected chi connectivity index (χ0v) is 17.0. The first kappa shape index (κ1) is 23.6. The molecule has 1 aliphatic heterocycles. The van der Waals surface area contributed by atoms with E-state index in [-0.39, 0.29) is 17.5 Å². The van der Waals surface area contributed by atoms with Crippen LogP contribution in [0.1, 0.15) is 36.7 Å². The zero-order chi connectivity index (χ0) is 23.8. The zero-order valence-electron chi connectivity index (χ0n) is 17.0. The molecule has 0 amide bonds. The van der Waals surface area contributed by atoms with Crippen LogP contribution in [0.15, 0.2) is 36.4 Å². The molecule has 0 unspecified atom stereocenters. The van der Waals surface area contributed by atoms with Crippen molar-refractivity contribution in [2.75, 3.05) is 13.2 Å². The third-order valence-corrected chi connectivity index (χ3v) is 5.69. The topological polar surface area (TPSA) is 36.9 Å². The highest BCUT2D eigenvalue weighted by molar-refractivity contribution is 5.35. The lowest BCUT2D eigenvalue weighted by atomic mass is 9.76. The maximum atomic E-state index is 14.5. The first-order valence-electron chi connectivity index (χ1n) is 10.2. The molecule has 1 saturated carbocycles. The monoisotopic (exact) mass is 480 g/mol. The molecule has 2 fully saturated rings. The van der Waals surface area contributed by atoms with Crippen LogP contribution in [0.25, 0.3) is 0 Å². The molecule has 0 aromatic heterocycles. The van der Waals surface area contributed by atoms with Crippen LogP contribution in [-0.4, -0.2) is 19.6 Å². The predicted octanol–water partition coefficient (Wildman–Crippen LogP) is 6.45. The van der Waals surface area contributed by atoms with Gasteiger partial charge >= 0.3 is 12.5 Å². The van der Waals surface area contributed by atoms with Gasteiger partial charge in [-0.15, -0.1) is 13.2 Å². The fraction of sp³-hybridized carbons (Fsp3) is 0.455. The summed E-state index contributed by atoms with van der Waals surface area (Å²) in [7, 11) is 0. The van der Waals surface area contributed by atoms with Gasteiger partial charge in [0.25, 0.3) is 0 Å². The van der Waals surface area contributed by atoms with Crippen molar-refractivity contribution in [1.29, 1.82) is 0 Å². The van der Waals surface area contributed by atoms with Gasteiger partial charge in [0.2, 0.25) is 0 Å². The molecule has 0 radical (unpaired) electrons. The summed E-state index contributed by atoms with van der Waals surface area (Å²) < 4.78 is 113. The summed E-state index contributed by atoms with van der Waals surface area (Å²) in [5.41, 5.74) is -0.941. The van der Waals surface area contributed by atoms with Crippen molar-refractivity contribution in [2.45, 2.75) is 38.0 Å². The smallest absolute Gasteiger partial charge is 0.429 e. The summed E-state index contributed by atoms with van der Waals surface area (Å²) in [6.07, 6.45) is -6.90. The number of alkyl halides is 5. The lowest BCUT2D eigenvalue weighted by Crippen LogP contribution is -2.35. The van der Waals surface area contributed by atoms with E-state index in [0.717, 1.165) is 25.0 Å². The molecule has 11 heteroatoms. The maximum Gasteiger partial charge on any atom is 0.573 e. The fourth-order valence-corrected chi connectivity index (χ4v) is 3.76. The van der Waals surface area contributed by atoms with Crippen molar-refractivity contribution in [3.05, 3.63) is 59.2 Å². The van der Waals surface area contributed by atoms with E-state index in [0.29, 0.717) is 31.3 Å². The molecule has 1 saturated heterocycles. The molecular formula is C22H19F7O4. The van der Waals surface area contributed by atoms with Gasteiger partial charge in [0.05, 0.1) is 18.8 Å². The fourth-order valence-electron chi connectivity index (χ4n) is 3.76. The summed E-state index contributed by atoms with van der Waals surface area (Å²) >= 11 is 0. The van der Waals surface area contributed by atoms with E-state index in [1.54, 1.807) is 0 Å². The average molecular weight is 480 g/mol. The molecule has 2 aromatic carbocycles. The second-order valence-electron chi connectivity index (χ2n) is 7.95. The Balaban J connectivity index is 1.43. The van der Waals surface area contributed by atoms with Gasteiger partial charge in [-0.3, -0.25) is 0 Å². The van der Waals surface area contributed by atoms with E-state index in [1.165, 1.54) is 12.5 Å². The maximum absolute atomic E-state index is 14.5. The van der Waals surface area contributed by atoms with Gasteiger partial charge in [0.15, 0.2) is 17.9 Å². The molecule has 180 valence electrons. The molecule has 0 bridgehead atoms. The van der Waals surface area contributed by atoms with E-state index in [9.17, 15) is 30.7 Å². The lowest BCUT2D eigenvalue weighted by Gasteiger charge is -2.38. The Morgan fingerprint density at radius 3 is 2.03 bits per heavy atom. The van der Waals surface area contributed by atoms with Crippen molar-refractivity contribution < 1.29 is 49.7 Å². The van der Waals surface area contributed by atoms with Gasteiger partial charge in [0.1, 0.15) is 11.6 Å². The summed E-state index contributed by atoms with van der Waals surface area (Å²) in [4.78, 5) is 0. The largest absolute Gasteiger partial charge is 0.573 e. The predicted molar refractivity (Wildman–Crippen MR) is 99.5 cm³/mol. The number of rotatable bonds is 6. The van der Waals surface area contributed by atoms with Crippen LogP contribution >= 0.6 is 0 Å². The minimum absolute atomic E-state index is 0.207. The Morgan fingerprint density at radius 1 is 0.788 bits per heavy atom. The van der Waals surface area contributed by atoms with Crippen LogP contribution in [-0.2, 0) is 15.6 Å². The third kappa shape index (κ3) is 5.52. The summed E-state index contributed by atoms with van der Waals surface area (Å²) in [5, 5.41) is 0.